The molecule has 0 aromatic heterocycles. The predicted octanol–water partition coefficient (Wildman–Crippen LogP) is 12.5. The van der Waals surface area contributed by atoms with E-state index < -0.39 is 42.8 Å². The van der Waals surface area contributed by atoms with Crippen LogP contribution >= 0.6 is 0 Å². The third-order valence-corrected chi connectivity index (χ3v) is 11.6. The van der Waals surface area contributed by atoms with Crippen molar-refractivity contribution in [2.24, 2.45) is 0 Å². The fraction of sp³-hybridized carbons (Fsp3) is 0.0417. The first-order chi connectivity index (χ1) is 30.3. The lowest BCUT2D eigenvalue weighted by Crippen LogP contribution is -2.28. The number of nitriles is 2. The van der Waals surface area contributed by atoms with Crippen LogP contribution in [0.5, 0.6) is 11.5 Å². The molecule has 0 aliphatic heterocycles. The van der Waals surface area contributed by atoms with Crippen LogP contribution in [0, 0.1) is 22.7 Å². The van der Waals surface area contributed by atoms with E-state index in [1.807, 2.05) is 84.9 Å². The first-order valence-electron chi connectivity index (χ1n) is 18.6. The second-order valence-electron chi connectivity index (χ2n) is 14.0. The van der Waals surface area contributed by atoms with Crippen LogP contribution in [0.25, 0.3) is 66.1 Å². The fourth-order valence-corrected chi connectivity index (χ4v) is 7.39. The molecule has 8 rings (SSSR count). The third-order valence-electron chi connectivity index (χ3n) is 9.69. The summed E-state index contributed by atoms with van der Waals surface area (Å²) in [6.45, 7) is 0. The highest BCUT2D eigenvalue weighted by Crippen LogP contribution is 2.34. The van der Waals surface area contributed by atoms with Crippen molar-refractivity contribution in [1.82, 2.24) is 0 Å². The van der Waals surface area contributed by atoms with E-state index in [0.717, 1.165) is 44.5 Å². The van der Waals surface area contributed by atoms with Gasteiger partial charge in [0, 0.05) is 0 Å². The van der Waals surface area contributed by atoms with Crippen LogP contribution in [0.15, 0.2) is 170 Å². The molecule has 0 N–H and O–H groups in total. The Bertz CT molecular complexity index is 3140. The summed E-state index contributed by atoms with van der Waals surface area (Å²) in [7, 11) is -11.4. The predicted molar refractivity (Wildman–Crippen MR) is 230 cm³/mol. The number of alkyl halides is 6. The molecule has 0 aliphatic carbocycles. The molecule has 0 saturated carbocycles. The van der Waals surface area contributed by atoms with E-state index in [0.29, 0.717) is 32.7 Å². The molecule has 0 unspecified atom stereocenters. The van der Waals surface area contributed by atoms with Crippen LogP contribution in [-0.4, -0.2) is 27.9 Å². The highest BCUT2D eigenvalue weighted by molar-refractivity contribution is 7.88. The molecule has 8 aromatic rings. The molecule has 16 heteroatoms. The minimum Gasteiger partial charge on any atom is -0.376 e. The lowest BCUT2D eigenvalue weighted by molar-refractivity contribution is -0.0504. The Morgan fingerprint density at radius 3 is 0.969 bits per heavy atom. The van der Waals surface area contributed by atoms with Gasteiger partial charge in [-0.05, 0) is 139 Å². The van der Waals surface area contributed by atoms with Crippen molar-refractivity contribution in [3.63, 3.8) is 0 Å². The molecule has 320 valence electrons. The minimum absolute atomic E-state index is 0.412. The zero-order chi connectivity index (χ0) is 45.9. The molecule has 0 atom stereocenters. The van der Waals surface area contributed by atoms with Crippen LogP contribution < -0.4 is 8.37 Å². The van der Waals surface area contributed by atoms with Gasteiger partial charge in [0.25, 0.3) is 0 Å². The minimum atomic E-state index is -5.72. The molecule has 8 aromatic carbocycles. The number of rotatable bonds is 8. The number of halogens is 6. The van der Waals surface area contributed by atoms with E-state index >= 15 is 0 Å². The van der Waals surface area contributed by atoms with E-state index in [4.69, 9.17) is 10.5 Å². The average molecular weight is 907 g/mol. The van der Waals surface area contributed by atoms with Gasteiger partial charge < -0.3 is 8.37 Å². The summed E-state index contributed by atoms with van der Waals surface area (Å²) in [6, 6.07) is 52.8. The number of benzene rings is 8. The van der Waals surface area contributed by atoms with E-state index in [9.17, 15) is 43.2 Å². The van der Waals surface area contributed by atoms with Crippen molar-refractivity contribution in [3.8, 4) is 68.1 Å². The van der Waals surface area contributed by atoms with Gasteiger partial charge in [-0.25, -0.2) is 0 Å². The SMILES string of the molecule is N#Cc1ccc(-c2cccc(-c3ccc4cc(OS(=O)(=O)C(F)(F)F)ccc4c3)c2)cc1.N#Cc1ccc(-c2cccc(-c3ccc4cc(OS(=O)(=O)C(F)(F)F)ccc4c3)c2)cc1. The summed E-state index contributed by atoms with van der Waals surface area (Å²) < 4.78 is 129. The third kappa shape index (κ3) is 10.0. The normalized spacial score (nSPS) is 11.8. The van der Waals surface area contributed by atoms with E-state index in [2.05, 4.69) is 20.5 Å². The highest BCUT2D eigenvalue weighted by Gasteiger charge is 2.49. The monoisotopic (exact) mass is 906 g/mol. The molecule has 0 heterocycles. The van der Waals surface area contributed by atoms with E-state index in [1.165, 1.54) is 36.4 Å². The molecular weight excluding hydrogens is 879 g/mol. The van der Waals surface area contributed by atoms with Crippen molar-refractivity contribution in [2.75, 3.05) is 0 Å². The average Bonchev–Trinajstić information content (AvgIpc) is 3.28. The Hall–Kier alpha value is -7.66. The molecule has 0 bridgehead atoms. The van der Waals surface area contributed by atoms with Crippen LogP contribution in [0.3, 0.4) is 0 Å². The van der Waals surface area contributed by atoms with Crippen molar-refractivity contribution in [1.29, 1.82) is 10.5 Å². The number of nitrogens with zero attached hydrogens (tertiary/aromatic N) is 2. The fourth-order valence-electron chi connectivity index (χ4n) is 6.49. The standard InChI is InChI=1S/2C24H14F3NO3S/c2*25-24(26,27)32(29,30)31-23-11-10-21-13-20(8-9-22(21)14-23)19-3-1-2-18(12-19)17-6-4-16(15-28)5-7-17/h2*1-14H. The Labute approximate surface area is 362 Å². The lowest BCUT2D eigenvalue weighted by Gasteiger charge is -2.11. The molecule has 0 aliphatic rings. The summed E-state index contributed by atoms with van der Waals surface area (Å²) in [5.74, 6) is -0.823. The second-order valence-corrected chi connectivity index (χ2v) is 17.0. The van der Waals surface area contributed by atoms with Crippen LogP contribution in [0.4, 0.5) is 26.3 Å². The maximum Gasteiger partial charge on any atom is 0.534 e. The van der Waals surface area contributed by atoms with Gasteiger partial charge in [0.1, 0.15) is 11.5 Å². The van der Waals surface area contributed by atoms with Crippen molar-refractivity contribution in [3.05, 3.63) is 181 Å². The zero-order valence-corrected chi connectivity index (χ0v) is 34.2. The second kappa shape index (κ2) is 17.6. The maximum atomic E-state index is 12.5. The molecule has 8 nitrogen and oxygen atoms in total. The van der Waals surface area contributed by atoms with Crippen molar-refractivity contribution >= 4 is 41.8 Å². The lowest BCUT2D eigenvalue weighted by atomic mass is 9.97. The van der Waals surface area contributed by atoms with Gasteiger partial charge in [-0.3, -0.25) is 0 Å². The molecular formula is C48H28F6N2O6S2. The van der Waals surface area contributed by atoms with Crippen LogP contribution in [-0.2, 0) is 20.2 Å². The van der Waals surface area contributed by atoms with Crippen LogP contribution in [0.2, 0.25) is 0 Å². The summed E-state index contributed by atoms with van der Waals surface area (Å²) in [6.07, 6.45) is 0. The number of fused-ring (bicyclic) bond motifs is 2. The smallest absolute Gasteiger partial charge is 0.376 e. The van der Waals surface area contributed by atoms with Crippen LogP contribution in [0.1, 0.15) is 11.1 Å². The Morgan fingerprint density at radius 1 is 0.359 bits per heavy atom. The molecule has 64 heavy (non-hydrogen) atoms. The van der Waals surface area contributed by atoms with Gasteiger partial charge in [-0.2, -0.15) is 53.7 Å². The molecule has 0 saturated heterocycles. The maximum absolute atomic E-state index is 12.5. The molecule has 0 spiro atoms. The Kier molecular flexibility index (Phi) is 12.2. The van der Waals surface area contributed by atoms with Gasteiger partial charge in [0.15, 0.2) is 0 Å². The number of hydrogen-bond donors (Lipinski definition) is 0. The Balaban J connectivity index is 0.000000191. The Morgan fingerprint density at radius 2 is 0.641 bits per heavy atom. The highest BCUT2D eigenvalue weighted by atomic mass is 32.2. The number of hydrogen-bond acceptors (Lipinski definition) is 8. The van der Waals surface area contributed by atoms with Crippen molar-refractivity contribution in [2.45, 2.75) is 11.0 Å². The van der Waals surface area contributed by atoms with Gasteiger partial charge >= 0.3 is 31.3 Å². The van der Waals surface area contributed by atoms with Gasteiger partial charge in [-0.1, -0.05) is 97.1 Å². The van der Waals surface area contributed by atoms with E-state index in [1.54, 1.807) is 48.5 Å². The van der Waals surface area contributed by atoms with Crippen molar-refractivity contribution < 1.29 is 51.5 Å². The summed E-state index contributed by atoms with van der Waals surface area (Å²) in [4.78, 5) is 0. The first-order valence-corrected chi connectivity index (χ1v) is 21.5. The zero-order valence-electron chi connectivity index (χ0n) is 32.6. The molecule has 0 fully saturated rings. The summed E-state index contributed by atoms with van der Waals surface area (Å²) >= 11 is 0. The first kappa shape index (κ1) is 44.4. The summed E-state index contributed by atoms with van der Waals surface area (Å²) in [5, 5.41) is 20.4. The molecule has 0 radical (unpaired) electrons. The van der Waals surface area contributed by atoms with E-state index in [-0.39, 0.29) is 0 Å². The largest absolute Gasteiger partial charge is 0.534 e. The molecule has 0 amide bonds. The summed E-state index contributed by atoms with van der Waals surface area (Å²) in [5.41, 5.74) is -2.38. The quantitative estimate of drug-likeness (QED) is 0.0836. The van der Waals surface area contributed by atoms with Gasteiger partial charge in [0.05, 0.1) is 23.3 Å². The topological polar surface area (TPSA) is 134 Å². The van der Waals surface area contributed by atoms with Gasteiger partial charge in [-0.15, -0.1) is 0 Å². The van der Waals surface area contributed by atoms with Gasteiger partial charge in [0.2, 0.25) is 0 Å².